The number of nitrogens with two attached hydrogens (primary N) is 1. The van der Waals surface area contributed by atoms with Crippen molar-refractivity contribution in [1.29, 1.82) is 0 Å². The molecule has 0 unspecified atom stereocenters. The second-order valence-electron chi connectivity index (χ2n) is 3.83. The molecule has 2 rings (SSSR count). The Morgan fingerprint density at radius 2 is 1.94 bits per heavy atom. The topological polar surface area (TPSA) is 55.1 Å². The van der Waals surface area contributed by atoms with Gasteiger partial charge in [-0.3, -0.25) is 4.79 Å². The zero-order valence-electron chi connectivity index (χ0n) is 9.69. The first-order valence-electron chi connectivity index (χ1n) is 5.55. The number of carbonyl (C=O) groups excluding carboxylic acids is 1. The molecule has 0 aliphatic carbocycles. The van der Waals surface area contributed by atoms with Crippen molar-refractivity contribution in [3.63, 3.8) is 0 Å². The highest BCUT2D eigenvalue weighted by Gasteiger charge is 2.09. The molecule has 0 spiro atoms. The van der Waals surface area contributed by atoms with Crippen LogP contribution in [0.3, 0.4) is 0 Å². The third kappa shape index (κ3) is 2.88. The van der Waals surface area contributed by atoms with Crippen LogP contribution in [0.5, 0.6) is 0 Å². The lowest BCUT2D eigenvalue weighted by atomic mass is 10.1. The number of nitrogens with one attached hydrogen (secondary N) is 1. The quantitative estimate of drug-likeness (QED) is 0.891. The van der Waals surface area contributed by atoms with Gasteiger partial charge in [0.25, 0.3) is 5.91 Å². The maximum absolute atomic E-state index is 12.1. The van der Waals surface area contributed by atoms with Crippen LogP contribution in [0.15, 0.2) is 48.5 Å². The molecule has 3 nitrogen and oxygen atoms in total. The summed E-state index contributed by atoms with van der Waals surface area (Å²) >= 11 is 5.86. The summed E-state index contributed by atoms with van der Waals surface area (Å²) in [5, 5.41) is 3.38. The SMILES string of the molecule is NCc1ccccc1C(=O)Nc1cccc(Cl)c1. The minimum Gasteiger partial charge on any atom is -0.326 e. The summed E-state index contributed by atoms with van der Waals surface area (Å²) < 4.78 is 0. The molecule has 0 aliphatic heterocycles. The molecule has 1 amide bonds. The summed E-state index contributed by atoms with van der Waals surface area (Å²) in [6.07, 6.45) is 0. The molecular formula is C14H13ClN2O. The Labute approximate surface area is 111 Å². The van der Waals surface area contributed by atoms with Crippen molar-refractivity contribution in [3.05, 3.63) is 64.7 Å². The van der Waals surface area contributed by atoms with Crippen LogP contribution in [0.4, 0.5) is 5.69 Å². The highest BCUT2D eigenvalue weighted by atomic mass is 35.5. The normalized spacial score (nSPS) is 10.1. The zero-order chi connectivity index (χ0) is 13.0. The Hall–Kier alpha value is -1.84. The molecule has 18 heavy (non-hydrogen) atoms. The average Bonchev–Trinajstić information content (AvgIpc) is 2.38. The second kappa shape index (κ2) is 5.67. The van der Waals surface area contributed by atoms with E-state index in [1.54, 1.807) is 30.3 Å². The largest absolute Gasteiger partial charge is 0.326 e. The van der Waals surface area contributed by atoms with E-state index in [9.17, 15) is 4.79 Å². The van der Waals surface area contributed by atoms with Gasteiger partial charge < -0.3 is 11.1 Å². The fraction of sp³-hybridized carbons (Fsp3) is 0.0714. The maximum Gasteiger partial charge on any atom is 0.255 e. The van der Waals surface area contributed by atoms with Gasteiger partial charge in [0.1, 0.15) is 0 Å². The molecule has 0 bridgehead atoms. The van der Waals surface area contributed by atoms with Crippen LogP contribution in [0.1, 0.15) is 15.9 Å². The first-order chi connectivity index (χ1) is 8.70. The first kappa shape index (κ1) is 12.6. The van der Waals surface area contributed by atoms with Crippen molar-refractivity contribution in [2.75, 3.05) is 5.32 Å². The van der Waals surface area contributed by atoms with Gasteiger partial charge in [0.2, 0.25) is 0 Å². The summed E-state index contributed by atoms with van der Waals surface area (Å²) in [7, 11) is 0. The number of amides is 1. The second-order valence-corrected chi connectivity index (χ2v) is 4.26. The Balaban J connectivity index is 2.22. The van der Waals surface area contributed by atoms with Gasteiger partial charge in [0, 0.05) is 22.8 Å². The van der Waals surface area contributed by atoms with Gasteiger partial charge in [0.15, 0.2) is 0 Å². The van der Waals surface area contributed by atoms with E-state index < -0.39 is 0 Å². The number of rotatable bonds is 3. The highest BCUT2D eigenvalue weighted by Crippen LogP contribution is 2.17. The van der Waals surface area contributed by atoms with Gasteiger partial charge in [-0.1, -0.05) is 35.9 Å². The molecular weight excluding hydrogens is 248 g/mol. The summed E-state index contributed by atoms with van der Waals surface area (Å²) in [6.45, 7) is 0.332. The Morgan fingerprint density at radius 1 is 1.17 bits per heavy atom. The molecule has 0 fully saturated rings. The molecule has 0 radical (unpaired) electrons. The maximum atomic E-state index is 12.1. The molecule has 0 saturated heterocycles. The average molecular weight is 261 g/mol. The molecule has 92 valence electrons. The lowest BCUT2D eigenvalue weighted by Crippen LogP contribution is -2.15. The van der Waals surface area contributed by atoms with Gasteiger partial charge in [0.05, 0.1) is 0 Å². The first-order valence-corrected chi connectivity index (χ1v) is 5.93. The van der Waals surface area contributed by atoms with Crippen LogP contribution in [0.2, 0.25) is 5.02 Å². The van der Waals surface area contributed by atoms with Crippen LogP contribution >= 0.6 is 11.6 Å². The van der Waals surface area contributed by atoms with E-state index in [0.29, 0.717) is 22.8 Å². The number of benzene rings is 2. The zero-order valence-corrected chi connectivity index (χ0v) is 10.4. The number of hydrogen-bond acceptors (Lipinski definition) is 2. The third-order valence-electron chi connectivity index (χ3n) is 2.56. The number of carbonyl (C=O) groups is 1. The Morgan fingerprint density at radius 3 is 2.67 bits per heavy atom. The van der Waals surface area contributed by atoms with Crippen molar-refractivity contribution in [2.24, 2.45) is 5.73 Å². The number of halogens is 1. The van der Waals surface area contributed by atoms with Gasteiger partial charge in [-0.25, -0.2) is 0 Å². The molecule has 2 aromatic rings. The Kier molecular flexibility index (Phi) is 3.97. The lowest BCUT2D eigenvalue weighted by Gasteiger charge is -2.08. The van der Waals surface area contributed by atoms with E-state index in [-0.39, 0.29) is 5.91 Å². The summed E-state index contributed by atoms with van der Waals surface area (Å²) in [6, 6.07) is 14.3. The van der Waals surface area contributed by atoms with E-state index in [1.165, 1.54) is 0 Å². The van der Waals surface area contributed by atoms with E-state index in [1.807, 2.05) is 18.2 Å². The lowest BCUT2D eigenvalue weighted by molar-refractivity contribution is 0.102. The summed E-state index contributed by atoms with van der Waals surface area (Å²) in [5.74, 6) is -0.182. The Bertz CT molecular complexity index is 569. The van der Waals surface area contributed by atoms with Crippen molar-refractivity contribution < 1.29 is 4.79 Å². The molecule has 0 aliphatic rings. The van der Waals surface area contributed by atoms with Gasteiger partial charge >= 0.3 is 0 Å². The number of hydrogen-bond donors (Lipinski definition) is 2. The van der Waals surface area contributed by atoms with Gasteiger partial charge in [-0.2, -0.15) is 0 Å². The van der Waals surface area contributed by atoms with Crippen molar-refractivity contribution in [2.45, 2.75) is 6.54 Å². The van der Waals surface area contributed by atoms with Gasteiger partial charge in [-0.15, -0.1) is 0 Å². The molecule has 3 N–H and O–H groups in total. The van der Waals surface area contributed by atoms with E-state index in [0.717, 1.165) is 5.56 Å². The summed E-state index contributed by atoms with van der Waals surface area (Å²) in [5.41, 5.74) is 7.67. The molecule has 0 saturated carbocycles. The highest BCUT2D eigenvalue weighted by molar-refractivity contribution is 6.30. The monoisotopic (exact) mass is 260 g/mol. The fourth-order valence-electron chi connectivity index (χ4n) is 1.68. The molecule has 0 aromatic heterocycles. The van der Waals surface area contributed by atoms with Crippen molar-refractivity contribution >= 4 is 23.2 Å². The van der Waals surface area contributed by atoms with E-state index >= 15 is 0 Å². The summed E-state index contributed by atoms with van der Waals surface area (Å²) in [4.78, 5) is 12.1. The minimum absolute atomic E-state index is 0.182. The van der Waals surface area contributed by atoms with E-state index in [4.69, 9.17) is 17.3 Å². The smallest absolute Gasteiger partial charge is 0.255 e. The number of anilines is 1. The van der Waals surface area contributed by atoms with Crippen molar-refractivity contribution in [3.8, 4) is 0 Å². The van der Waals surface area contributed by atoms with Crippen LogP contribution in [-0.4, -0.2) is 5.91 Å². The minimum atomic E-state index is -0.182. The molecule has 0 heterocycles. The third-order valence-corrected chi connectivity index (χ3v) is 2.80. The molecule has 2 aromatic carbocycles. The molecule has 0 atom stereocenters. The standard InChI is InChI=1S/C14H13ClN2O/c15-11-5-3-6-12(8-11)17-14(18)13-7-2-1-4-10(13)9-16/h1-8H,9,16H2,(H,17,18). The van der Waals surface area contributed by atoms with Crippen molar-refractivity contribution in [1.82, 2.24) is 0 Å². The van der Waals surface area contributed by atoms with Crippen LogP contribution in [0.25, 0.3) is 0 Å². The van der Waals surface area contributed by atoms with Crippen LogP contribution in [-0.2, 0) is 6.54 Å². The predicted octanol–water partition coefficient (Wildman–Crippen LogP) is 3.05. The van der Waals surface area contributed by atoms with Crippen LogP contribution in [0, 0.1) is 0 Å². The van der Waals surface area contributed by atoms with Gasteiger partial charge in [-0.05, 0) is 29.8 Å². The van der Waals surface area contributed by atoms with E-state index in [2.05, 4.69) is 5.32 Å². The fourth-order valence-corrected chi connectivity index (χ4v) is 1.87. The van der Waals surface area contributed by atoms with Crippen LogP contribution < -0.4 is 11.1 Å². The molecule has 4 heteroatoms. The predicted molar refractivity (Wildman–Crippen MR) is 73.7 cm³/mol.